The van der Waals surface area contributed by atoms with Crippen LogP contribution in [-0.2, 0) is 4.79 Å². The quantitative estimate of drug-likeness (QED) is 0.851. The highest BCUT2D eigenvalue weighted by Gasteiger charge is 2.30. The summed E-state index contributed by atoms with van der Waals surface area (Å²) in [6.07, 6.45) is -2.52. The van der Waals surface area contributed by atoms with Crippen LogP contribution in [0.15, 0.2) is 6.07 Å². The summed E-state index contributed by atoms with van der Waals surface area (Å²) in [7, 11) is 0. The number of aromatic nitrogens is 2. The Bertz CT molecular complexity index is 641. The summed E-state index contributed by atoms with van der Waals surface area (Å²) in [4.78, 5) is 25.8. The summed E-state index contributed by atoms with van der Waals surface area (Å²) in [5.74, 6) is -0.624. The molecule has 2 rings (SSSR count). The second-order valence-electron chi connectivity index (χ2n) is 7.90. The van der Waals surface area contributed by atoms with E-state index in [0.29, 0.717) is 25.2 Å². The van der Waals surface area contributed by atoms with Crippen LogP contribution in [0.25, 0.3) is 0 Å². The third-order valence-corrected chi connectivity index (χ3v) is 4.25. The molecule has 6 nitrogen and oxygen atoms in total. The van der Waals surface area contributed by atoms with Gasteiger partial charge in [0.1, 0.15) is 12.2 Å². The number of piperidine rings is 1. The van der Waals surface area contributed by atoms with Gasteiger partial charge in [-0.2, -0.15) is 18.3 Å². The molecule has 0 unspecified atom stereocenters. The van der Waals surface area contributed by atoms with Crippen LogP contribution in [-0.4, -0.2) is 52.7 Å². The fourth-order valence-corrected chi connectivity index (χ4v) is 2.94. The van der Waals surface area contributed by atoms with E-state index >= 15 is 0 Å². The standard InChI is InChI=1S/C17H25F3N4O2/c1-16(2,3)9-14(25)24-6-4-11(5-7-24)12-8-13(23-22-12)15(26)21-10-17(18,19)20/h8,11H,4-7,9-10H2,1-3H3,(H,21,26)(H,22,23). The molecule has 0 saturated carbocycles. The summed E-state index contributed by atoms with van der Waals surface area (Å²) in [6, 6.07) is 1.49. The minimum Gasteiger partial charge on any atom is -0.343 e. The van der Waals surface area contributed by atoms with E-state index in [4.69, 9.17) is 0 Å². The maximum atomic E-state index is 12.3. The van der Waals surface area contributed by atoms with Crippen molar-refractivity contribution in [2.24, 2.45) is 5.41 Å². The average Bonchev–Trinajstić information content (AvgIpc) is 3.00. The van der Waals surface area contributed by atoms with E-state index in [2.05, 4.69) is 10.2 Å². The van der Waals surface area contributed by atoms with Crippen molar-refractivity contribution in [1.29, 1.82) is 0 Å². The van der Waals surface area contributed by atoms with Gasteiger partial charge >= 0.3 is 6.18 Å². The number of rotatable bonds is 4. The molecule has 1 saturated heterocycles. The Kier molecular flexibility index (Phi) is 5.98. The van der Waals surface area contributed by atoms with Crippen molar-refractivity contribution in [2.45, 2.75) is 52.1 Å². The van der Waals surface area contributed by atoms with Gasteiger partial charge in [0.15, 0.2) is 0 Å². The fourth-order valence-electron chi connectivity index (χ4n) is 2.94. The Labute approximate surface area is 150 Å². The van der Waals surface area contributed by atoms with Gasteiger partial charge in [0.25, 0.3) is 5.91 Å². The van der Waals surface area contributed by atoms with Crippen LogP contribution in [0.3, 0.4) is 0 Å². The zero-order valence-corrected chi connectivity index (χ0v) is 15.2. The zero-order chi connectivity index (χ0) is 19.5. The highest BCUT2D eigenvalue weighted by Crippen LogP contribution is 2.29. The largest absolute Gasteiger partial charge is 0.405 e. The predicted molar refractivity (Wildman–Crippen MR) is 89.6 cm³/mol. The van der Waals surface area contributed by atoms with Gasteiger partial charge in [-0.05, 0) is 24.3 Å². The molecule has 2 amide bonds. The molecule has 0 atom stereocenters. The number of likely N-dealkylation sites (tertiary alicyclic amines) is 1. The lowest BCUT2D eigenvalue weighted by molar-refractivity contribution is -0.134. The first-order chi connectivity index (χ1) is 11.9. The molecular formula is C17H25F3N4O2. The first kappa shape index (κ1) is 20.3. The van der Waals surface area contributed by atoms with Gasteiger partial charge in [-0.3, -0.25) is 14.7 Å². The third kappa shape index (κ3) is 6.03. The molecule has 1 aromatic rings. The summed E-state index contributed by atoms with van der Waals surface area (Å²) in [5, 5.41) is 8.35. The van der Waals surface area contributed by atoms with Crippen LogP contribution in [0.1, 0.15) is 62.1 Å². The number of carbonyl (C=O) groups excluding carboxylic acids is 2. The van der Waals surface area contributed by atoms with Gasteiger partial charge in [0.05, 0.1) is 0 Å². The van der Waals surface area contributed by atoms with E-state index in [0.717, 1.165) is 12.8 Å². The van der Waals surface area contributed by atoms with E-state index < -0.39 is 18.6 Å². The molecule has 26 heavy (non-hydrogen) atoms. The minimum atomic E-state index is -4.46. The first-order valence-corrected chi connectivity index (χ1v) is 8.63. The molecule has 0 aliphatic carbocycles. The minimum absolute atomic E-state index is 0.0595. The number of alkyl halides is 3. The highest BCUT2D eigenvalue weighted by atomic mass is 19.4. The van der Waals surface area contributed by atoms with E-state index in [1.807, 2.05) is 25.7 Å². The number of nitrogens with zero attached hydrogens (tertiary/aromatic N) is 2. The maximum absolute atomic E-state index is 12.3. The summed E-state index contributed by atoms with van der Waals surface area (Å²) in [5.41, 5.74) is 0.594. The Balaban J connectivity index is 1.87. The van der Waals surface area contributed by atoms with Crippen LogP contribution < -0.4 is 5.32 Å². The van der Waals surface area contributed by atoms with E-state index in [-0.39, 0.29) is 22.9 Å². The second kappa shape index (κ2) is 7.67. The molecule has 0 aromatic carbocycles. The van der Waals surface area contributed by atoms with Crippen LogP contribution >= 0.6 is 0 Å². The van der Waals surface area contributed by atoms with Crippen molar-refractivity contribution < 1.29 is 22.8 Å². The molecule has 2 heterocycles. The lowest BCUT2D eigenvalue weighted by Gasteiger charge is -2.33. The van der Waals surface area contributed by atoms with Gasteiger partial charge in [-0.1, -0.05) is 20.8 Å². The molecule has 2 N–H and O–H groups in total. The molecule has 0 radical (unpaired) electrons. The van der Waals surface area contributed by atoms with Crippen LogP contribution in [0.4, 0.5) is 13.2 Å². The van der Waals surface area contributed by atoms with Crippen molar-refractivity contribution in [3.05, 3.63) is 17.5 Å². The summed E-state index contributed by atoms with van der Waals surface area (Å²) < 4.78 is 36.5. The topological polar surface area (TPSA) is 78.1 Å². The number of halogens is 3. The Morgan fingerprint density at radius 3 is 2.42 bits per heavy atom. The van der Waals surface area contributed by atoms with Crippen LogP contribution in [0, 0.1) is 5.41 Å². The lowest BCUT2D eigenvalue weighted by Crippen LogP contribution is -2.39. The van der Waals surface area contributed by atoms with Gasteiger partial charge in [0, 0.05) is 31.1 Å². The van der Waals surface area contributed by atoms with Gasteiger partial charge in [-0.15, -0.1) is 0 Å². The molecule has 146 valence electrons. The number of hydrogen-bond donors (Lipinski definition) is 2. The van der Waals surface area contributed by atoms with E-state index in [9.17, 15) is 22.8 Å². The SMILES string of the molecule is CC(C)(C)CC(=O)N1CCC(c2cc(C(=O)NCC(F)(F)F)n[nH]2)CC1. The number of amides is 2. The van der Waals surface area contributed by atoms with Gasteiger partial charge < -0.3 is 10.2 Å². The van der Waals surface area contributed by atoms with E-state index in [1.165, 1.54) is 6.07 Å². The number of aromatic amines is 1. The smallest absolute Gasteiger partial charge is 0.343 e. The third-order valence-electron chi connectivity index (χ3n) is 4.25. The average molecular weight is 374 g/mol. The number of nitrogens with one attached hydrogen (secondary N) is 2. The summed E-state index contributed by atoms with van der Waals surface area (Å²) >= 11 is 0. The summed E-state index contributed by atoms with van der Waals surface area (Å²) in [6.45, 7) is 5.92. The number of H-pyrrole nitrogens is 1. The van der Waals surface area contributed by atoms with Crippen molar-refractivity contribution >= 4 is 11.8 Å². The normalized spacial score (nSPS) is 16.6. The lowest BCUT2D eigenvalue weighted by atomic mass is 9.89. The van der Waals surface area contributed by atoms with Crippen molar-refractivity contribution in [1.82, 2.24) is 20.4 Å². The van der Waals surface area contributed by atoms with E-state index in [1.54, 1.807) is 5.32 Å². The highest BCUT2D eigenvalue weighted by molar-refractivity contribution is 5.92. The number of carbonyl (C=O) groups is 2. The monoisotopic (exact) mass is 374 g/mol. The second-order valence-corrected chi connectivity index (χ2v) is 7.90. The molecule has 1 aromatic heterocycles. The van der Waals surface area contributed by atoms with Crippen LogP contribution in [0.5, 0.6) is 0 Å². The number of hydrogen-bond acceptors (Lipinski definition) is 3. The molecule has 1 fully saturated rings. The molecule has 1 aliphatic heterocycles. The van der Waals surface area contributed by atoms with Crippen LogP contribution in [0.2, 0.25) is 0 Å². The van der Waals surface area contributed by atoms with Gasteiger partial charge in [0.2, 0.25) is 5.91 Å². The van der Waals surface area contributed by atoms with Crippen molar-refractivity contribution in [3.8, 4) is 0 Å². The maximum Gasteiger partial charge on any atom is 0.405 e. The predicted octanol–water partition coefficient (Wildman–Crippen LogP) is 2.84. The first-order valence-electron chi connectivity index (χ1n) is 8.63. The van der Waals surface area contributed by atoms with Crippen molar-refractivity contribution in [3.63, 3.8) is 0 Å². The van der Waals surface area contributed by atoms with Gasteiger partial charge in [-0.25, -0.2) is 0 Å². The molecule has 9 heteroatoms. The Hall–Kier alpha value is -2.06. The zero-order valence-electron chi connectivity index (χ0n) is 15.2. The Morgan fingerprint density at radius 1 is 1.27 bits per heavy atom. The fraction of sp³-hybridized carbons (Fsp3) is 0.706. The molecule has 0 spiro atoms. The molecule has 0 bridgehead atoms. The van der Waals surface area contributed by atoms with Crippen molar-refractivity contribution in [2.75, 3.05) is 19.6 Å². The molecule has 1 aliphatic rings. The Morgan fingerprint density at radius 2 is 1.88 bits per heavy atom. The molecular weight excluding hydrogens is 349 g/mol.